The van der Waals surface area contributed by atoms with Crippen LogP contribution in [0.4, 0.5) is 0 Å². The van der Waals surface area contributed by atoms with Gasteiger partial charge >= 0.3 is 0 Å². The average molecular weight is 330 g/mol. The highest BCUT2D eigenvalue weighted by Gasteiger charge is 2.24. The van der Waals surface area contributed by atoms with Crippen molar-refractivity contribution in [2.24, 2.45) is 0 Å². The summed E-state index contributed by atoms with van der Waals surface area (Å²) in [5.74, 6) is 0.863. The molecule has 0 spiro atoms. The van der Waals surface area contributed by atoms with E-state index in [1.165, 1.54) is 5.56 Å². The molecule has 4 heterocycles. The SMILES string of the molecule is Cc1cccc(-c2nn3c(c2-c2ccc4nccn4c2)OCCC3)c1. The standard InChI is InChI=1S/C20H18N4O/c1-14-4-2-5-15(12-14)19-18(20-24(22-19)9-3-11-25-20)16-6-7-17-21-8-10-23(17)13-16/h2,4-8,10,12-13H,3,9,11H2,1H3. The van der Waals surface area contributed by atoms with Gasteiger partial charge in [0.05, 0.1) is 12.2 Å². The fourth-order valence-corrected chi connectivity index (χ4v) is 3.45. The number of nitrogens with zero attached hydrogens (tertiary/aromatic N) is 4. The minimum atomic E-state index is 0.735. The molecule has 0 saturated carbocycles. The van der Waals surface area contributed by atoms with Crippen molar-refractivity contribution in [3.8, 4) is 28.3 Å². The van der Waals surface area contributed by atoms with Crippen LogP contribution >= 0.6 is 0 Å². The van der Waals surface area contributed by atoms with Crippen LogP contribution in [0.3, 0.4) is 0 Å². The van der Waals surface area contributed by atoms with E-state index >= 15 is 0 Å². The van der Waals surface area contributed by atoms with Gasteiger partial charge in [-0.2, -0.15) is 5.10 Å². The smallest absolute Gasteiger partial charge is 0.220 e. The number of benzene rings is 1. The molecule has 25 heavy (non-hydrogen) atoms. The van der Waals surface area contributed by atoms with Crippen molar-refractivity contribution >= 4 is 5.65 Å². The molecule has 0 radical (unpaired) electrons. The summed E-state index contributed by atoms with van der Waals surface area (Å²) in [4.78, 5) is 4.33. The molecule has 0 unspecified atom stereocenters. The number of aryl methyl sites for hydroxylation is 2. The molecular formula is C20H18N4O. The summed E-state index contributed by atoms with van der Waals surface area (Å²) in [6.07, 6.45) is 6.85. The number of pyridine rings is 1. The molecule has 1 aliphatic rings. The van der Waals surface area contributed by atoms with Crippen LogP contribution in [-0.4, -0.2) is 25.8 Å². The largest absolute Gasteiger partial charge is 0.477 e. The molecule has 3 aromatic heterocycles. The Labute approximate surface area is 145 Å². The van der Waals surface area contributed by atoms with E-state index in [-0.39, 0.29) is 0 Å². The molecule has 5 heteroatoms. The van der Waals surface area contributed by atoms with E-state index in [9.17, 15) is 0 Å². The van der Waals surface area contributed by atoms with Crippen LogP contribution in [-0.2, 0) is 6.54 Å². The quantitative estimate of drug-likeness (QED) is 0.559. The normalized spacial score (nSPS) is 13.6. The summed E-state index contributed by atoms with van der Waals surface area (Å²) in [5, 5.41) is 4.87. The summed E-state index contributed by atoms with van der Waals surface area (Å²) >= 11 is 0. The first kappa shape index (κ1) is 14.3. The van der Waals surface area contributed by atoms with Gasteiger partial charge in [-0.25, -0.2) is 9.67 Å². The van der Waals surface area contributed by atoms with Crippen molar-refractivity contribution in [3.63, 3.8) is 0 Å². The lowest BCUT2D eigenvalue weighted by molar-refractivity contribution is 0.231. The molecule has 0 aliphatic carbocycles. The highest BCUT2D eigenvalue weighted by Crippen LogP contribution is 2.40. The van der Waals surface area contributed by atoms with Crippen LogP contribution in [0, 0.1) is 6.92 Å². The van der Waals surface area contributed by atoms with Gasteiger partial charge in [0.2, 0.25) is 5.88 Å². The zero-order valence-corrected chi connectivity index (χ0v) is 14.0. The molecule has 4 aromatic rings. The van der Waals surface area contributed by atoms with E-state index in [2.05, 4.69) is 48.4 Å². The van der Waals surface area contributed by atoms with Gasteiger partial charge < -0.3 is 9.14 Å². The van der Waals surface area contributed by atoms with Gasteiger partial charge in [0.15, 0.2) is 0 Å². The van der Waals surface area contributed by atoms with Crippen LogP contribution in [0.5, 0.6) is 5.88 Å². The van der Waals surface area contributed by atoms with E-state index in [0.29, 0.717) is 0 Å². The van der Waals surface area contributed by atoms with Gasteiger partial charge in [-0.1, -0.05) is 23.8 Å². The number of aromatic nitrogens is 4. The molecule has 0 fully saturated rings. The van der Waals surface area contributed by atoms with Crippen molar-refractivity contribution in [1.82, 2.24) is 19.2 Å². The molecular weight excluding hydrogens is 312 g/mol. The van der Waals surface area contributed by atoms with Crippen molar-refractivity contribution in [2.75, 3.05) is 6.61 Å². The van der Waals surface area contributed by atoms with E-state index < -0.39 is 0 Å². The van der Waals surface area contributed by atoms with Crippen molar-refractivity contribution in [1.29, 1.82) is 0 Å². The summed E-state index contributed by atoms with van der Waals surface area (Å²) in [7, 11) is 0. The van der Waals surface area contributed by atoms with E-state index in [4.69, 9.17) is 9.84 Å². The zero-order valence-electron chi connectivity index (χ0n) is 14.0. The molecule has 0 atom stereocenters. The second-order valence-electron chi connectivity index (χ2n) is 6.43. The highest BCUT2D eigenvalue weighted by molar-refractivity contribution is 5.85. The van der Waals surface area contributed by atoms with Gasteiger partial charge in [0.25, 0.3) is 0 Å². The maximum atomic E-state index is 6.01. The van der Waals surface area contributed by atoms with Crippen molar-refractivity contribution in [2.45, 2.75) is 19.9 Å². The van der Waals surface area contributed by atoms with E-state index in [0.717, 1.165) is 53.5 Å². The first-order chi connectivity index (χ1) is 12.3. The summed E-state index contributed by atoms with van der Waals surface area (Å²) in [6, 6.07) is 12.6. The first-order valence-electron chi connectivity index (χ1n) is 8.53. The lowest BCUT2D eigenvalue weighted by atomic mass is 10.0. The number of hydrogen-bond acceptors (Lipinski definition) is 3. The minimum Gasteiger partial charge on any atom is -0.477 e. The fourth-order valence-electron chi connectivity index (χ4n) is 3.45. The molecule has 1 aliphatic heterocycles. The van der Waals surface area contributed by atoms with Crippen LogP contribution in [0.2, 0.25) is 0 Å². The van der Waals surface area contributed by atoms with Crippen LogP contribution in [0.1, 0.15) is 12.0 Å². The van der Waals surface area contributed by atoms with Crippen LogP contribution in [0.25, 0.3) is 28.0 Å². The van der Waals surface area contributed by atoms with Gasteiger partial charge in [0, 0.05) is 42.7 Å². The monoisotopic (exact) mass is 330 g/mol. The lowest BCUT2D eigenvalue weighted by Crippen LogP contribution is -2.14. The highest BCUT2D eigenvalue weighted by atomic mass is 16.5. The third-order valence-electron chi connectivity index (χ3n) is 4.63. The Morgan fingerprint density at radius 3 is 3.00 bits per heavy atom. The average Bonchev–Trinajstić information content (AvgIpc) is 3.25. The molecule has 0 bridgehead atoms. The molecule has 0 N–H and O–H groups in total. The molecule has 0 amide bonds. The van der Waals surface area contributed by atoms with Gasteiger partial charge in [-0.05, 0) is 25.1 Å². The Hall–Kier alpha value is -3.08. The number of rotatable bonds is 2. The van der Waals surface area contributed by atoms with Gasteiger partial charge in [-0.15, -0.1) is 0 Å². The summed E-state index contributed by atoms with van der Waals surface area (Å²) in [6.45, 7) is 3.73. The van der Waals surface area contributed by atoms with Gasteiger partial charge in [-0.3, -0.25) is 0 Å². The number of imidazole rings is 1. The maximum absolute atomic E-state index is 6.01. The summed E-state index contributed by atoms with van der Waals surface area (Å²) in [5.41, 5.74) is 6.39. The predicted octanol–water partition coefficient (Wildman–Crippen LogP) is 3.96. The fraction of sp³-hybridized carbons (Fsp3) is 0.200. The van der Waals surface area contributed by atoms with Crippen LogP contribution in [0.15, 0.2) is 55.0 Å². The Balaban J connectivity index is 1.77. The van der Waals surface area contributed by atoms with Crippen molar-refractivity contribution in [3.05, 3.63) is 60.6 Å². The predicted molar refractivity (Wildman–Crippen MR) is 96.7 cm³/mol. The molecule has 5 nitrogen and oxygen atoms in total. The Morgan fingerprint density at radius 2 is 2.08 bits per heavy atom. The van der Waals surface area contributed by atoms with Crippen molar-refractivity contribution < 1.29 is 4.74 Å². The van der Waals surface area contributed by atoms with E-state index in [1.807, 2.05) is 27.5 Å². The maximum Gasteiger partial charge on any atom is 0.220 e. The number of hydrogen-bond donors (Lipinski definition) is 0. The molecule has 5 rings (SSSR count). The summed E-state index contributed by atoms with van der Waals surface area (Å²) < 4.78 is 10.0. The molecule has 1 aromatic carbocycles. The molecule has 0 saturated heterocycles. The Morgan fingerprint density at radius 1 is 1.12 bits per heavy atom. The third kappa shape index (κ3) is 2.31. The zero-order chi connectivity index (χ0) is 16.8. The number of ether oxygens (including phenoxy) is 1. The van der Waals surface area contributed by atoms with Gasteiger partial charge in [0.1, 0.15) is 11.3 Å². The van der Waals surface area contributed by atoms with Crippen LogP contribution < -0.4 is 4.74 Å². The Bertz CT molecular complexity index is 1080. The minimum absolute atomic E-state index is 0.735. The molecule has 124 valence electrons. The lowest BCUT2D eigenvalue weighted by Gasteiger charge is -2.16. The van der Waals surface area contributed by atoms with E-state index in [1.54, 1.807) is 0 Å². The second-order valence-corrected chi connectivity index (χ2v) is 6.43. The third-order valence-corrected chi connectivity index (χ3v) is 4.63. The Kier molecular flexibility index (Phi) is 3.13. The second kappa shape index (κ2) is 5.48. The number of fused-ring (bicyclic) bond motifs is 2. The first-order valence-corrected chi connectivity index (χ1v) is 8.53. The topological polar surface area (TPSA) is 44.4 Å².